The van der Waals surface area contributed by atoms with Gasteiger partial charge in [-0.05, 0) is 31.4 Å². The van der Waals surface area contributed by atoms with E-state index in [4.69, 9.17) is 5.73 Å². The fraction of sp³-hybridized carbons (Fsp3) is 0.500. The third-order valence-electron chi connectivity index (χ3n) is 3.41. The highest BCUT2D eigenvalue weighted by Gasteiger charge is 2.21. The Bertz CT molecular complexity index is 384. The lowest BCUT2D eigenvalue weighted by Gasteiger charge is -2.28. The van der Waals surface area contributed by atoms with Crippen molar-refractivity contribution in [1.29, 1.82) is 0 Å². The second kappa shape index (κ2) is 5.71. The molecule has 0 atom stereocenters. The van der Waals surface area contributed by atoms with Crippen LogP contribution in [0.1, 0.15) is 39.2 Å². The number of carbonyl (C=O) groups is 1. The monoisotopic (exact) mass is 234 g/mol. The maximum atomic E-state index is 11.9. The molecule has 0 radical (unpaired) electrons. The summed E-state index contributed by atoms with van der Waals surface area (Å²) >= 11 is 0. The third-order valence-corrected chi connectivity index (χ3v) is 3.41. The number of amides is 1. The molecule has 1 aromatic carbocycles. The van der Waals surface area contributed by atoms with E-state index in [1.807, 2.05) is 24.3 Å². The van der Waals surface area contributed by atoms with Gasteiger partial charge < -0.3 is 11.1 Å². The molecule has 1 rings (SSSR count). The minimum Gasteiger partial charge on any atom is -0.398 e. The van der Waals surface area contributed by atoms with Crippen LogP contribution in [0.25, 0.3) is 0 Å². The molecule has 0 aliphatic heterocycles. The average molecular weight is 234 g/mol. The zero-order chi connectivity index (χ0) is 12.9. The Morgan fingerprint density at radius 2 is 1.88 bits per heavy atom. The summed E-state index contributed by atoms with van der Waals surface area (Å²) in [6, 6.07) is 7.49. The molecule has 0 spiro atoms. The van der Waals surface area contributed by atoms with Crippen molar-refractivity contribution in [3.8, 4) is 0 Å². The number of benzene rings is 1. The van der Waals surface area contributed by atoms with Gasteiger partial charge in [0.2, 0.25) is 5.91 Å². The van der Waals surface area contributed by atoms with Gasteiger partial charge in [-0.25, -0.2) is 0 Å². The summed E-state index contributed by atoms with van der Waals surface area (Å²) in [5.74, 6) is 0.0362. The number of nitrogens with one attached hydrogen (secondary N) is 1. The van der Waals surface area contributed by atoms with Crippen LogP contribution < -0.4 is 11.1 Å². The van der Waals surface area contributed by atoms with Crippen LogP contribution in [0.4, 0.5) is 5.69 Å². The summed E-state index contributed by atoms with van der Waals surface area (Å²) in [6.07, 6.45) is 2.21. The number of rotatable bonds is 5. The highest BCUT2D eigenvalue weighted by atomic mass is 16.1. The molecule has 17 heavy (non-hydrogen) atoms. The van der Waals surface area contributed by atoms with E-state index < -0.39 is 0 Å². The molecule has 1 amide bonds. The number of para-hydroxylation sites is 1. The molecular weight excluding hydrogens is 212 g/mol. The van der Waals surface area contributed by atoms with Crippen LogP contribution in [-0.4, -0.2) is 11.4 Å². The van der Waals surface area contributed by atoms with Crippen molar-refractivity contribution in [2.75, 3.05) is 5.73 Å². The molecule has 0 saturated heterocycles. The van der Waals surface area contributed by atoms with Crippen LogP contribution >= 0.6 is 0 Å². The van der Waals surface area contributed by atoms with Crippen LogP contribution in [0.15, 0.2) is 24.3 Å². The van der Waals surface area contributed by atoms with Gasteiger partial charge in [0, 0.05) is 11.2 Å². The first-order valence-electron chi connectivity index (χ1n) is 6.15. The summed E-state index contributed by atoms with van der Waals surface area (Å²) in [6.45, 7) is 6.24. The SMILES string of the molecule is CCC(C)(CC)NC(=O)Cc1ccccc1N. The van der Waals surface area contributed by atoms with Crippen molar-refractivity contribution in [3.63, 3.8) is 0 Å². The summed E-state index contributed by atoms with van der Waals surface area (Å²) in [4.78, 5) is 11.9. The number of nitrogen functional groups attached to an aromatic ring is 1. The standard InChI is InChI=1S/C14H22N2O/c1-4-14(3,5-2)16-13(17)10-11-8-6-7-9-12(11)15/h6-9H,4-5,10,15H2,1-3H3,(H,16,17). The van der Waals surface area contributed by atoms with E-state index in [1.54, 1.807) is 0 Å². The van der Waals surface area contributed by atoms with E-state index in [0.29, 0.717) is 12.1 Å². The maximum Gasteiger partial charge on any atom is 0.224 e. The van der Waals surface area contributed by atoms with Crippen molar-refractivity contribution in [3.05, 3.63) is 29.8 Å². The topological polar surface area (TPSA) is 55.1 Å². The second-order valence-corrected chi connectivity index (χ2v) is 4.69. The zero-order valence-corrected chi connectivity index (χ0v) is 10.9. The summed E-state index contributed by atoms with van der Waals surface area (Å²) in [5, 5.41) is 3.07. The molecule has 3 nitrogen and oxygen atoms in total. The first-order valence-corrected chi connectivity index (χ1v) is 6.15. The molecule has 0 aromatic heterocycles. The van der Waals surface area contributed by atoms with Gasteiger partial charge in [0.15, 0.2) is 0 Å². The Morgan fingerprint density at radius 3 is 2.41 bits per heavy atom. The molecule has 0 aliphatic rings. The van der Waals surface area contributed by atoms with E-state index >= 15 is 0 Å². The molecule has 0 aliphatic carbocycles. The van der Waals surface area contributed by atoms with Crippen molar-refractivity contribution < 1.29 is 4.79 Å². The largest absolute Gasteiger partial charge is 0.398 e. The van der Waals surface area contributed by atoms with Crippen LogP contribution in [0, 0.1) is 0 Å². The highest BCUT2D eigenvalue weighted by Crippen LogP contribution is 2.15. The number of nitrogens with two attached hydrogens (primary N) is 1. The van der Waals surface area contributed by atoms with Gasteiger partial charge in [-0.1, -0.05) is 32.0 Å². The van der Waals surface area contributed by atoms with E-state index in [1.165, 1.54) is 0 Å². The summed E-state index contributed by atoms with van der Waals surface area (Å²) in [7, 11) is 0. The van der Waals surface area contributed by atoms with Crippen LogP contribution in [0.3, 0.4) is 0 Å². The van der Waals surface area contributed by atoms with Crippen molar-refractivity contribution in [2.45, 2.75) is 45.6 Å². The van der Waals surface area contributed by atoms with E-state index in [9.17, 15) is 4.79 Å². The van der Waals surface area contributed by atoms with Gasteiger partial charge in [-0.15, -0.1) is 0 Å². The number of hydrogen-bond donors (Lipinski definition) is 2. The summed E-state index contributed by atoms with van der Waals surface area (Å²) in [5.41, 5.74) is 7.27. The van der Waals surface area contributed by atoms with Gasteiger partial charge in [-0.3, -0.25) is 4.79 Å². The Balaban J connectivity index is 2.65. The first kappa shape index (κ1) is 13.6. The second-order valence-electron chi connectivity index (χ2n) is 4.69. The Labute approximate surface area is 103 Å². The van der Waals surface area contributed by atoms with Crippen LogP contribution in [-0.2, 0) is 11.2 Å². The first-order chi connectivity index (χ1) is 8.00. The maximum absolute atomic E-state index is 11.9. The van der Waals surface area contributed by atoms with Gasteiger partial charge in [0.25, 0.3) is 0 Å². The van der Waals surface area contributed by atoms with Crippen LogP contribution in [0.5, 0.6) is 0 Å². The van der Waals surface area contributed by atoms with Crippen molar-refractivity contribution in [1.82, 2.24) is 5.32 Å². The normalized spacial score (nSPS) is 11.2. The molecule has 0 bridgehead atoms. The molecule has 0 fully saturated rings. The molecule has 0 saturated carbocycles. The molecule has 0 unspecified atom stereocenters. The Hall–Kier alpha value is -1.51. The van der Waals surface area contributed by atoms with Gasteiger partial charge in [0.05, 0.1) is 6.42 Å². The third kappa shape index (κ3) is 3.77. The lowest BCUT2D eigenvalue weighted by atomic mass is 9.95. The lowest BCUT2D eigenvalue weighted by Crippen LogP contribution is -2.45. The molecule has 94 valence electrons. The van der Waals surface area contributed by atoms with Crippen molar-refractivity contribution >= 4 is 11.6 Å². The molecule has 3 N–H and O–H groups in total. The minimum atomic E-state index is -0.110. The van der Waals surface area contributed by atoms with Gasteiger partial charge in [-0.2, -0.15) is 0 Å². The molecular formula is C14H22N2O. The fourth-order valence-electron chi connectivity index (χ4n) is 1.68. The van der Waals surface area contributed by atoms with E-state index in [-0.39, 0.29) is 11.4 Å². The lowest BCUT2D eigenvalue weighted by molar-refractivity contribution is -0.122. The van der Waals surface area contributed by atoms with E-state index in [0.717, 1.165) is 18.4 Å². The smallest absolute Gasteiger partial charge is 0.224 e. The minimum absolute atomic E-state index is 0.0362. The predicted octanol–water partition coefficient (Wildman–Crippen LogP) is 2.51. The van der Waals surface area contributed by atoms with Gasteiger partial charge >= 0.3 is 0 Å². The fourth-order valence-corrected chi connectivity index (χ4v) is 1.68. The zero-order valence-electron chi connectivity index (χ0n) is 10.9. The van der Waals surface area contributed by atoms with Crippen LogP contribution in [0.2, 0.25) is 0 Å². The highest BCUT2D eigenvalue weighted by molar-refractivity contribution is 5.80. The molecule has 3 heteroatoms. The van der Waals surface area contributed by atoms with Gasteiger partial charge in [0.1, 0.15) is 0 Å². The predicted molar refractivity (Wildman–Crippen MR) is 71.7 cm³/mol. The Morgan fingerprint density at radius 1 is 1.29 bits per heavy atom. The number of carbonyl (C=O) groups excluding carboxylic acids is 1. The van der Waals surface area contributed by atoms with E-state index in [2.05, 4.69) is 26.1 Å². The summed E-state index contributed by atoms with van der Waals surface area (Å²) < 4.78 is 0. The number of anilines is 1. The van der Waals surface area contributed by atoms with Crippen molar-refractivity contribution in [2.24, 2.45) is 0 Å². The Kier molecular flexibility index (Phi) is 4.55. The number of hydrogen-bond acceptors (Lipinski definition) is 2. The average Bonchev–Trinajstić information content (AvgIpc) is 2.32. The molecule has 1 aromatic rings. The molecule has 0 heterocycles. The quantitative estimate of drug-likeness (QED) is 0.769.